The van der Waals surface area contributed by atoms with Crippen molar-refractivity contribution in [2.45, 2.75) is 32.2 Å². The Balaban J connectivity index is 1.17. The van der Waals surface area contributed by atoms with Crippen LogP contribution in [0.15, 0.2) is 30.5 Å². The summed E-state index contributed by atoms with van der Waals surface area (Å²) in [5.41, 5.74) is 1.12. The van der Waals surface area contributed by atoms with Crippen LogP contribution in [0.1, 0.15) is 25.7 Å². The van der Waals surface area contributed by atoms with Gasteiger partial charge in [0.05, 0.1) is 30.8 Å². The smallest absolute Gasteiger partial charge is 0.224 e. The zero-order valence-corrected chi connectivity index (χ0v) is 18.2. The highest BCUT2D eigenvalue weighted by Gasteiger charge is 2.29. The zero-order valence-electron chi connectivity index (χ0n) is 18.2. The van der Waals surface area contributed by atoms with Gasteiger partial charge in [-0.2, -0.15) is 5.10 Å². The molecule has 1 aromatic heterocycles. The number of ether oxygens (including phenoxy) is 1. The monoisotopic (exact) mass is 427 g/mol. The third-order valence-corrected chi connectivity index (χ3v) is 6.27. The molecule has 0 radical (unpaired) electrons. The van der Waals surface area contributed by atoms with Crippen LogP contribution in [-0.4, -0.2) is 83.9 Å². The van der Waals surface area contributed by atoms with Gasteiger partial charge >= 0.3 is 0 Å². The van der Waals surface area contributed by atoms with E-state index in [2.05, 4.69) is 27.4 Å². The van der Waals surface area contributed by atoms with Gasteiger partial charge in [0.25, 0.3) is 0 Å². The molecule has 1 N–H and O–H groups in total. The molecule has 4 rings (SSSR count). The number of rotatable bonds is 9. The minimum Gasteiger partial charge on any atom is -0.379 e. The van der Waals surface area contributed by atoms with Crippen LogP contribution in [0.2, 0.25) is 0 Å². The molecule has 2 amide bonds. The van der Waals surface area contributed by atoms with Gasteiger partial charge in [-0.15, -0.1) is 0 Å². The highest BCUT2D eigenvalue weighted by molar-refractivity contribution is 5.83. The van der Waals surface area contributed by atoms with Crippen molar-refractivity contribution < 1.29 is 14.3 Å². The molecule has 0 aliphatic carbocycles. The second-order valence-corrected chi connectivity index (χ2v) is 8.45. The number of hydrogen-bond acceptors (Lipinski definition) is 5. The number of nitrogens with zero attached hydrogens (tertiary/aromatic N) is 4. The third-order valence-electron chi connectivity index (χ3n) is 6.27. The molecule has 0 unspecified atom stereocenters. The molecule has 0 spiro atoms. The zero-order chi connectivity index (χ0) is 21.5. The molecule has 0 saturated carbocycles. The predicted molar refractivity (Wildman–Crippen MR) is 119 cm³/mol. The number of aryl methyl sites for hydroxylation is 1. The lowest BCUT2D eigenvalue weighted by Crippen LogP contribution is -2.47. The van der Waals surface area contributed by atoms with Gasteiger partial charge in [0.15, 0.2) is 0 Å². The molecule has 2 aliphatic heterocycles. The number of carbonyl (C=O) groups excluding carboxylic acids is 2. The average molecular weight is 428 g/mol. The summed E-state index contributed by atoms with van der Waals surface area (Å²) in [6.07, 6.45) is 4.76. The number of benzene rings is 1. The highest BCUT2D eigenvalue weighted by Crippen LogP contribution is 2.18. The van der Waals surface area contributed by atoms with Crippen molar-refractivity contribution in [1.29, 1.82) is 0 Å². The molecular formula is C23H33N5O3. The van der Waals surface area contributed by atoms with Crippen LogP contribution < -0.4 is 5.32 Å². The maximum absolute atomic E-state index is 12.7. The number of amides is 2. The van der Waals surface area contributed by atoms with Crippen molar-refractivity contribution in [2.75, 3.05) is 52.5 Å². The lowest BCUT2D eigenvalue weighted by Gasteiger charge is -2.33. The molecule has 1 atom stereocenters. The largest absolute Gasteiger partial charge is 0.379 e. The number of aromatic nitrogens is 2. The summed E-state index contributed by atoms with van der Waals surface area (Å²) in [7, 11) is 0. The normalized spacial score (nSPS) is 20.3. The molecule has 2 saturated heterocycles. The van der Waals surface area contributed by atoms with Gasteiger partial charge in [-0.05, 0) is 25.3 Å². The number of likely N-dealkylation sites (tertiary alicyclic amines) is 1. The van der Waals surface area contributed by atoms with Gasteiger partial charge < -0.3 is 15.0 Å². The van der Waals surface area contributed by atoms with Gasteiger partial charge in [0.2, 0.25) is 11.8 Å². The van der Waals surface area contributed by atoms with E-state index in [0.717, 1.165) is 69.7 Å². The topological polar surface area (TPSA) is 79.7 Å². The van der Waals surface area contributed by atoms with E-state index in [-0.39, 0.29) is 17.7 Å². The van der Waals surface area contributed by atoms with E-state index in [1.54, 1.807) is 0 Å². The van der Waals surface area contributed by atoms with Crippen molar-refractivity contribution >= 4 is 22.7 Å². The third kappa shape index (κ3) is 5.83. The van der Waals surface area contributed by atoms with Crippen molar-refractivity contribution in [1.82, 2.24) is 24.9 Å². The number of para-hydroxylation sites is 1. The summed E-state index contributed by atoms with van der Waals surface area (Å²) in [6.45, 7) is 7.15. The summed E-state index contributed by atoms with van der Waals surface area (Å²) >= 11 is 0. The van der Waals surface area contributed by atoms with Gasteiger partial charge in [0.1, 0.15) is 0 Å². The minimum absolute atomic E-state index is 0.0657. The second kappa shape index (κ2) is 10.7. The highest BCUT2D eigenvalue weighted by atomic mass is 16.5. The lowest BCUT2D eigenvalue weighted by molar-refractivity contribution is -0.138. The van der Waals surface area contributed by atoms with E-state index in [4.69, 9.17) is 4.74 Å². The van der Waals surface area contributed by atoms with E-state index in [1.165, 1.54) is 0 Å². The Morgan fingerprint density at radius 3 is 2.84 bits per heavy atom. The molecular weight excluding hydrogens is 394 g/mol. The standard InChI is InChI=1S/C23H33N5O3/c29-22-8-7-20(18-27(22)11-4-10-26-13-15-31-16-14-26)23(30)24-9-3-12-28-21-6-2-1-5-19(21)17-25-28/h1-2,5-6,17,20H,3-4,7-16,18H2,(H,24,30)/t20-/m1/s1. The van der Waals surface area contributed by atoms with Crippen molar-refractivity contribution in [3.05, 3.63) is 30.5 Å². The quantitative estimate of drug-likeness (QED) is 0.614. The Bertz CT molecular complexity index is 877. The summed E-state index contributed by atoms with van der Waals surface area (Å²) in [5.74, 6) is 0.138. The van der Waals surface area contributed by atoms with E-state index in [0.29, 0.717) is 25.9 Å². The van der Waals surface area contributed by atoms with Crippen LogP contribution in [-0.2, 0) is 20.9 Å². The molecule has 31 heavy (non-hydrogen) atoms. The molecule has 168 valence electrons. The lowest BCUT2D eigenvalue weighted by atomic mass is 9.96. The molecule has 2 aliphatic rings. The number of fused-ring (bicyclic) bond motifs is 1. The van der Waals surface area contributed by atoms with Crippen LogP contribution >= 0.6 is 0 Å². The number of carbonyl (C=O) groups is 2. The minimum atomic E-state index is -0.105. The molecule has 8 heteroatoms. The predicted octanol–water partition coefficient (Wildman–Crippen LogP) is 1.50. The van der Waals surface area contributed by atoms with E-state index < -0.39 is 0 Å². The Hall–Kier alpha value is -2.45. The Morgan fingerprint density at radius 1 is 1.13 bits per heavy atom. The van der Waals surface area contributed by atoms with Crippen LogP contribution in [0.5, 0.6) is 0 Å². The van der Waals surface area contributed by atoms with Gasteiger partial charge in [-0.25, -0.2) is 0 Å². The fourth-order valence-corrected chi connectivity index (χ4v) is 4.44. The SMILES string of the molecule is O=C(NCCCn1ncc2ccccc21)[C@@H]1CCC(=O)N(CCCN2CCOCC2)C1. The maximum atomic E-state index is 12.7. The molecule has 2 fully saturated rings. The van der Waals surface area contributed by atoms with E-state index >= 15 is 0 Å². The van der Waals surface area contributed by atoms with E-state index in [9.17, 15) is 9.59 Å². The number of piperidine rings is 1. The Labute approximate surface area is 183 Å². The summed E-state index contributed by atoms with van der Waals surface area (Å²) in [6, 6.07) is 8.14. The fourth-order valence-electron chi connectivity index (χ4n) is 4.44. The second-order valence-electron chi connectivity index (χ2n) is 8.45. The van der Waals surface area contributed by atoms with Crippen LogP contribution in [0.3, 0.4) is 0 Å². The Morgan fingerprint density at radius 2 is 1.97 bits per heavy atom. The summed E-state index contributed by atoms with van der Waals surface area (Å²) in [4.78, 5) is 29.2. The first-order valence-electron chi connectivity index (χ1n) is 11.5. The first kappa shape index (κ1) is 21.8. The van der Waals surface area contributed by atoms with Gasteiger partial charge in [-0.1, -0.05) is 18.2 Å². The summed E-state index contributed by atoms with van der Waals surface area (Å²) in [5, 5.41) is 8.63. The molecule has 8 nitrogen and oxygen atoms in total. The first-order chi connectivity index (χ1) is 15.2. The molecule has 3 heterocycles. The van der Waals surface area contributed by atoms with Gasteiger partial charge in [-0.3, -0.25) is 19.2 Å². The van der Waals surface area contributed by atoms with Gasteiger partial charge in [0, 0.05) is 57.6 Å². The van der Waals surface area contributed by atoms with Crippen LogP contribution in [0.25, 0.3) is 10.9 Å². The molecule has 1 aromatic carbocycles. The number of hydrogen-bond donors (Lipinski definition) is 1. The molecule has 0 bridgehead atoms. The fraction of sp³-hybridized carbons (Fsp3) is 0.609. The van der Waals surface area contributed by atoms with Crippen molar-refractivity contribution in [3.8, 4) is 0 Å². The van der Waals surface area contributed by atoms with Crippen molar-refractivity contribution in [3.63, 3.8) is 0 Å². The average Bonchev–Trinajstić information content (AvgIpc) is 3.21. The summed E-state index contributed by atoms with van der Waals surface area (Å²) < 4.78 is 7.36. The first-order valence-corrected chi connectivity index (χ1v) is 11.5. The molecule has 2 aromatic rings. The van der Waals surface area contributed by atoms with Crippen LogP contribution in [0.4, 0.5) is 0 Å². The van der Waals surface area contributed by atoms with Crippen molar-refractivity contribution in [2.24, 2.45) is 5.92 Å². The Kier molecular flexibility index (Phi) is 7.53. The van der Waals surface area contributed by atoms with Crippen LogP contribution in [0, 0.1) is 5.92 Å². The number of nitrogens with one attached hydrogen (secondary N) is 1. The maximum Gasteiger partial charge on any atom is 0.224 e. The van der Waals surface area contributed by atoms with E-state index in [1.807, 2.05) is 27.9 Å². The number of morpholine rings is 1.